The summed E-state index contributed by atoms with van der Waals surface area (Å²) in [4.78, 5) is 30.6. The van der Waals surface area contributed by atoms with Gasteiger partial charge in [0.25, 0.3) is 0 Å². The Labute approximate surface area is 380 Å². The first kappa shape index (κ1) is 50.8. The van der Waals surface area contributed by atoms with Crippen molar-refractivity contribution < 1.29 is 57.7 Å². The van der Waals surface area contributed by atoms with Gasteiger partial charge in [0.1, 0.15) is 36.6 Å². The van der Waals surface area contributed by atoms with Gasteiger partial charge in [0, 0.05) is 56.7 Å². The van der Waals surface area contributed by atoms with E-state index in [4.69, 9.17) is 37.9 Å². The number of aliphatic hydroxyl groups excluding tert-OH is 2. The van der Waals surface area contributed by atoms with E-state index < -0.39 is 79.4 Å². The van der Waals surface area contributed by atoms with Crippen LogP contribution < -0.4 is 0 Å². The summed E-state index contributed by atoms with van der Waals surface area (Å²) in [7, 11) is 6.83. The first-order valence-electron chi connectivity index (χ1n) is 24.1. The number of hydrogen-bond donors (Lipinski definition) is 2. The molecule has 1 saturated carbocycles. The lowest BCUT2D eigenvalue weighted by molar-refractivity contribution is -0.304. The summed E-state index contributed by atoms with van der Waals surface area (Å²) >= 11 is 0. The van der Waals surface area contributed by atoms with Crippen molar-refractivity contribution in [3.8, 4) is 0 Å². The summed E-state index contributed by atoms with van der Waals surface area (Å²) in [5, 5.41) is 31.5. The van der Waals surface area contributed by atoms with Gasteiger partial charge >= 0.3 is 5.97 Å². The quantitative estimate of drug-likeness (QED) is 0.0973. The van der Waals surface area contributed by atoms with Gasteiger partial charge in [0.05, 0.1) is 30.6 Å². The van der Waals surface area contributed by atoms with Crippen LogP contribution in [0, 0.1) is 23.7 Å². The van der Waals surface area contributed by atoms with Gasteiger partial charge in [0.2, 0.25) is 0 Å². The van der Waals surface area contributed by atoms with Crippen LogP contribution in [0.15, 0.2) is 29.5 Å². The first-order chi connectivity index (χ1) is 30.8. The number of fused-ring (bicyclic) bond motifs is 2. The number of allylic oxidation sites excluding steroid dienone is 2. The van der Waals surface area contributed by atoms with E-state index in [-0.39, 0.29) is 49.2 Å². The van der Waals surface area contributed by atoms with Gasteiger partial charge in [-0.2, -0.15) is 0 Å². The van der Waals surface area contributed by atoms with Crippen LogP contribution in [0.2, 0.25) is 0 Å². The van der Waals surface area contributed by atoms with E-state index in [0.29, 0.717) is 31.4 Å². The highest BCUT2D eigenvalue weighted by Gasteiger charge is 2.59. The molecule has 0 spiro atoms. The number of likely N-dealkylation sites (N-methyl/N-ethyl adjacent to an activating group) is 1. The van der Waals surface area contributed by atoms with Gasteiger partial charge in [-0.3, -0.25) is 14.3 Å². The standard InChI is InChI=1S/C48H78N4O12/c1-10-12-13-14-15-16-17-18-33-26-52(50-49-33)22-21-31-25-29(4)39(54)35-24-28(3)23-32(27-59-47-45(58-9)44(57-8)40(55)30(5)60-47)36(11-2)61-37(53)20-19-34(35)42(31)62-46-41(56)38(51(6)7)43-48(63-43)64-46/h23-24,26,29-32,34,36,38,40-48,55-56H,10-22,25,27H2,1-9H3/b28-23+,35-24+/t29-,30?,31+,32-,34-,36-,38?,40?,41?,42+,43?,44?,45?,46-,47?,48+/m1/s1. The van der Waals surface area contributed by atoms with Gasteiger partial charge < -0.3 is 53.0 Å². The molecule has 4 aliphatic heterocycles. The molecule has 1 aromatic rings. The molecule has 4 fully saturated rings. The molecule has 0 radical (unpaired) electrons. The average molecular weight is 903 g/mol. The number of aromatic nitrogens is 3. The fourth-order valence-electron chi connectivity index (χ4n) is 10.4. The third-order valence-corrected chi connectivity index (χ3v) is 14.0. The van der Waals surface area contributed by atoms with E-state index >= 15 is 0 Å². The largest absolute Gasteiger partial charge is 0.462 e. The number of ether oxygens (including phenoxy) is 8. The van der Waals surface area contributed by atoms with Crippen LogP contribution in [-0.4, -0.2) is 151 Å². The molecular formula is C48H78N4O12. The lowest BCUT2D eigenvalue weighted by Gasteiger charge is -2.42. The minimum Gasteiger partial charge on any atom is -0.462 e. The molecular weight excluding hydrogens is 825 g/mol. The van der Waals surface area contributed by atoms with Gasteiger partial charge in [-0.25, -0.2) is 0 Å². The second-order valence-corrected chi connectivity index (χ2v) is 19.1. The van der Waals surface area contributed by atoms with Crippen molar-refractivity contribution in [1.29, 1.82) is 0 Å². The second kappa shape index (κ2) is 23.9. The molecule has 16 nitrogen and oxygen atoms in total. The van der Waals surface area contributed by atoms with E-state index in [1.165, 1.54) is 52.7 Å². The van der Waals surface area contributed by atoms with Crippen LogP contribution >= 0.6 is 0 Å². The summed E-state index contributed by atoms with van der Waals surface area (Å²) in [5.41, 5.74) is 2.35. The number of aryl methyl sites for hydroxylation is 2. The Balaban J connectivity index is 1.27. The number of unbranched alkanes of at least 4 members (excludes halogenated alkanes) is 6. The zero-order valence-corrected chi connectivity index (χ0v) is 39.8. The summed E-state index contributed by atoms with van der Waals surface area (Å²) in [6.45, 7) is 10.5. The average Bonchev–Trinajstić information content (AvgIpc) is 3.91. The molecule has 1 aromatic heterocycles. The molecule has 5 heterocycles. The van der Waals surface area contributed by atoms with Crippen LogP contribution in [0.25, 0.3) is 0 Å². The van der Waals surface area contributed by atoms with Gasteiger partial charge in [0.15, 0.2) is 24.7 Å². The molecule has 0 bridgehead atoms. The molecule has 2 N–H and O–H groups in total. The van der Waals surface area contributed by atoms with E-state index in [1.807, 2.05) is 62.8 Å². The Bertz CT molecular complexity index is 1710. The number of aliphatic hydroxyl groups is 2. The minimum atomic E-state index is -1.03. The fourth-order valence-corrected chi connectivity index (χ4v) is 10.4. The molecule has 64 heavy (non-hydrogen) atoms. The molecule has 362 valence electrons. The number of cyclic esters (lactones) is 1. The highest BCUT2D eigenvalue weighted by molar-refractivity contribution is 5.98. The number of hydrogen-bond acceptors (Lipinski definition) is 15. The third-order valence-electron chi connectivity index (χ3n) is 14.0. The van der Waals surface area contributed by atoms with E-state index in [0.717, 1.165) is 24.1 Å². The lowest BCUT2D eigenvalue weighted by Crippen LogP contribution is -2.59. The van der Waals surface area contributed by atoms with Gasteiger partial charge in [-0.15, -0.1) is 5.10 Å². The molecule has 0 amide bonds. The molecule has 6 rings (SSSR count). The zero-order valence-electron chi connectivity index (χ0n) is 39.8. The van der Waals surface area contributed by atoms with Crippen LogP contribution in [0.1, 0.15) is 117 Å². The van der Waals surface area contributed by atoms with E-state index in [1.54, 1.807) is 6.92 Å². The first-order valence-corrected chi connectivity index (χ1v) is 24.1. The fraction of sp³-hybridized carbons (Fsp3) is 0.833. The van der Waals surface area contributed by atoms with Crippen LogP contribution in [-0.2, 0) is 60.4 Å². The van der Waals surface area contributed by atoms with E-state index in [9.17, 15) is 19.8 Å². The maximum atomic E-state index is 14.7. The van der Waals surface area contributed by atoms with Crippen molar-refractivity contribution in [3.63, 3.8) is 0 Å². The molecule has 16 atom stereocenters. The number of methoxy groups -OCH3 is 2. The highest BCUT2D eigenvalue weighted by atomic mass is 16.8. The normalized spacial score (nSPS) is 38.8. The van der Waals surface area contributed by atoms with Crippen molar-refractivity contribution in [1.82, 2.24) is 19.9 Å². The van der Waals surface area contributed by atoms with Crippen molar-refractivity contribution in [2.24, 2.45) is 23.7 Å². The number of carbonyl (C=O) groups is 2. The number of Topliss-reactive ketones (excluding diaryl/α,β-unsaturated/α-hetero) is 1. The molecule has 0 aromatic carbocycles. The number of rotatable bonds is 20. The molecule has 3 saturated heterocycles. The predicted octanol–water partition coefficient (Wildman–Crippen LogP) is 5.32. The molecule has 16 heteroatoms. The monoisotopic (exact) mass is 903 g/mol. The highest BCUT2D eigenvalue weighted by Crippen LogP contribution is 2.44. The minimum absolute atomic E-state index is 0.00222. The van der Waals surface area contributed by atoms with Crippen LogP contribution in [0.5, 0.6) is 0 Å². The summed E-state index contributed by atoms with van der Waals surface area (Å²) < 4.78 is 50.9. The Hall–Kier alpha value is -2.64. The number of epoxide rings is 1. The topological polar surface area (TPSA) is 186 Å². The Kier molecular flexibility index (Phi) is 18.9. The van der Waals surface area contributed by atoms with Crippen molar-refractivity contribution in [2.45, 2.75) is 198 Å². The van der Waals surface area contributed by atoms with Gasteiger partial charge in [-0.1, -0.05) is 82.2 Å². The van der Waals surface area contributed by atoms with Crippen LogP contribution in [0.3, 0.4) is 0 Å². The molecule has 5 aliphatic rings. The van der Waals surface area contributed by atoms with Crippen molar-refractivity contribution >= 4 is 11.8 Å². The van der Waals surface area contributed by atoms with Crippen molar-refractivity contribution in [3.05, 3.63) is 35.2 Å². The Morgan fingerprint density at radius 2 is 1.66 bits per heavy atom. The zero-order chi connectivity index (χ0) is 46.1. The second-order valence-electron chi connectivity index (χ2n) is 19.1. The smallest absolute Gasteiger partial charge is 0.306 e. The SMILES string of the molecule is CCCCCCCCCc1cn(CC[C@H]2C[C@@H](C)C(=O)/C3=C/C(C)=C/[C@H](COC4OC(C)C(O)C(OC)C4OC)[C@@H](CC)OC(=O)CC[C@H]3[C@H]2O[C@@H]2O[C@@H]3OC3C(N(C)C)C2O)nn1. The van der Waals surface area contributed by atoms with Crippen LogP contribution in [0.4, 0.5) is 0 Å². The third kappa shape index (κ3) is 12.7. The summed E-state index contributed by atoms with van der Waals surface area (Å²) in [6, 6.07) is -0.349. The summed E-state index contributed by atoms with van der Waals surface area (Å²) in [5.74, 6) is -1.87. The number of nitrogens with zero attached hydrogens (tertiary/aromatic N) is 4. The number of carbonyl (C=O) groups excluding carboxylic acids is 2. The summed E-state index contributed by atoms with van der Waals surface area (Å²) in [6.07, 6.45) is 9.75. The lowest BCUT2D eigenvalue weighted by atomic mass is 9.81. The maximum absolute atomic E-state index is 14.7. The Morgan fingerprint density at radius 3 is 2.36 bits per heavy atom. The number of esters is 1. The van der Waals surface area contributed by atoms with Crippen molar-refractivity contribution in [2.75, 3.05) is 34.9 Å². The molecule has 1 aliphatic carbocycles. The van der Waals surface area contributed by atoms with E-state index in [2.05, 4.69) is 17.2 Å². The maximum Gasteiger partial charge on any atom is 0.306 e. The Morgan fingerprint density at radius 1 is 0.922 bits per heavy atom. The predicted molar refractivity (Wildman–Crippen MR) is 237 cm³/mol. The number of ketones is 1. The molecule has 8 unspecified atom stereocenters. The van der Waals surface area contributed by atoms with Gasteiger partial charge in [-0.05, 0) is 72.4 Å².